The first-order valence-electron chi connectivity index (χ1n) is 10.2. The zero-order chi connectivity index (χ0) is 18.9. The summed E-state index contributed by atoms with van der Waals surface area (Å²) in [6, 6.07) is 10.9. The number of thiophene rings is 1. The van der Waals surface area contributed by atoms with Crippen LogP contribution in [0.5, 0.6) is 0 Å². The number of aromatic nitrogens is 2. The first kappa shape index (κ1) is 17.9. The molecule has 1 aromatic carbocycles. The number of piperazine rings is 1. The van der Waals surface area contributed by atoms with Crippen LogP contribution in [0.3, 0.4) is 0 Å². The van der Waals surface area contributed by atoms with Gasteiger partial charge in [-0.05, 0) is 55.9 Å². The van der Waals surface area contributed by atoms with Crippen molar-refractivity contribution in [3.8, 4) is 10.8 Å². The number of nitrogens with zero attached hydrogens (tertiary/aromatic N) is 4. The number of aryl methyl sites for hydroxylation is 3. The van der Waals surface area contributed by atoms with E-state index in [9.17, 15) is 0 Å². The van der Waals surface area contributed by atoms with Crippen molar-refractivity contribution in [1.29, 1.82) is 0 Å². The summed E-state index contributed by atoms with van der Waals surface area (Å²) in [5.41, 5.74) is 4.18. The first-order chi connectivity index (χ1) is 13.8. The van der Waals surface area contributed by atoms with E-state index in [1.165, 1.54) is 47.4 Å². The largest absolute Gasteiger partial charge is 0.419 e. The van der Waals surface area contributed by atoms with Crippen molar-refractivity contribution in [2.75, 3.05) is 31.1 Å². The van der Waals surface area contributed by atoms with Gasteiger partial charge in [0.1, 0.15) is 0 Å². The zero-order valence-corrected chi connectivity index (χ0v) is 17.2. The highest BCUT2D eigenvalue weighted by Crippen LogP contribution is 2.35. The topological polar surface area (TPSA) is 45.4 Å². The monoisotopic (exact) mass is 394 g/mol. The molecular formula is C22H26N4OS. The van der Waals surface area contributed by atoms with E-state index in [0.29, 0.717) is 5.89 Å². The smallest absolute Gasteiger partial charge is 0.257 e. The highest BCUT2D eigenvalue weighted by atomic mass is 32.1. The second-order valence-electron chi connectivity index (χ2n) is 7.82. The lowest BCUT2D eigenvalue weighted by Crippen LogP contribution is -2.46. The maximum Gasteiger partial charge on any atom is 0.257 e. The van der Waals surface area contributed by atoms with Crippen LogP contribution in [-0.2, 0) is 19.4 Å². The third-order valence-electron chi connectivity index (χ3n) is 5.86. The van der Waals surface area contributed by atoms with Gasteiger partial charge in [-0.15, -0.1) is 21.5 Å². The summed E-state index contributed by atoms with van der Waals surface area (Å²) in [7, 11) is 0. The van der Waals surface area contributed by atoms with E-state index in [1.54, 1.807) is 0 Å². The van der Waals surface area contributed by atoms with Crippen molar-refractivity contribution in [2.45, 2.75) is 39.2 Å². The normalized spacial score (nSPS) is 17.7. The van der Waals surface area contributed by atoms with Gasteiger partial charge in [-0.2, -0.15) is 0 Å². The minimum Gasteiger partial charge on any atom is -0.419 e. The molecule has 0 radical (unpaired) electrons. The number of fused-ring (bicyclic) bond motifs is 1. The van der Waals surface area contributed by atoms with Crippen LogP contribution in [0.1, 0.15) is 34.7 Å². The minimum absolute atomic E-state index is 0.688. The lowest BCUT2D eigenvalue weighted by Gasteiger charge is -2.36. The van der Waals surface area contributed by atoms with Gasteiger partial charge < -0.3 is 9.32 Å². The Hall–Kier alpha value is -2.18. The predicted molar refractivity (Wildman–Crippen MR) is 113 cm³/mol. The first-order valence-corrected chi connectivity index (χ1v) is 11.1. The second kappa shape index (κ2) is 7.68. The molecular weight excluding hydrogens is 368 g/mol. The van der Waals surface area contributed by atoms with E-state index < -0.39 is 0 Å². The van der Waals surface area contributed by atoms with E-state index in [-0.39, 0.29) is 0 Å². The average molecular weight is 395 g/mol. The maximum atomic E-state index is 6.01. The molecule has 0 atom stereocenters. The molecule has 5 rings (SSSR count). The number of benzene rings is 1. The Balaban J connectivity index is 1.21. The van der Waals surface area contributed by atoms with E-state index in [4.69, 9.17) is 4.42 Å². The maximum absolute atomic E-state index is 6.01. The van der Waals surface area contributed by atoms with Crippen LogP contribution in [0.15, 0.2) is 34.7 Å². The van der Waals surface area contributed by atoms with Crippen LogP contribution in [0.25, 0.3) is 10.8 Å². The van der Waals surface area contributed by atoms with Crippen molar-refractivity contribution in [1.82, 2.24) is 15.1 Å². The molecule has 6 heteroatoms. The predicted octanol–water partition coefficient (Wildman–Crippen LogP) is 4.31. The van der Waals surface area contributed by atoms with E-state index in [0.717, 1.165) is 43.5 Å². The summed E-state index contributed by atoms with van der Waals surface area (Å²) in [5, 5.41) is 8.65. The quantitative estimate of drug-likeness (QED) is 0.660. The molecule has 3 heterocycles. The fraction of sp³-hybridized carbons (Fsp3) is 0.455. The number of anilines is 1. The molecule has 28 heavy (non-hydrogen) atoms. The summed E-state index contributed by atoms with van der Waals surface area (Å²) < 4.78 is 6.01. The molecule has 2 aliphatic rings. The third-order valence-corrected chi connectivity index (χ3v) is 7.09. The summed E-state index contributed by atoms with van der Waals surface area (Å²) in [5.74, 6) is 1.42. The van der Waals surface area contributed by atoms with Gasteiger partial charge in [0, 0.05) is 36.7 Å². The summed E-state index contributed by atoms with van der Waals surface area (Å²) in [6.07, 6.45) is 4.99. The molecule has 1 aliphatic carbocycles. The molecule has 0 spiro atoms. The zero-order valence-electron chi connectivity index (χ0n) is 16.4. The van der Waals surface area contributed by atoms with Gasteiger partial charge >= 0.3 is 0 Å². The van der Waals surface area contributed by atoms with Gasteiger partial charge in [-0.25, -0.2) is 0 Å². The molecule has 2 aromatic heterocycles. The summed E-state index contributed by atoms with van der Waals surface area (Å²) in [6.45, 7) is 7.01. The number of hydrogen-bond acceptors (Lipinski definition) is 6. The van der Waals surface area contributed by atoms with Crippen molar-refractivity contribution in [3.05, 3.63) is 52.2 Å². The van der Waals surface area contributed by atoms with E-state index in [1.807, 2.05) is 11.3 Å². The van der Waals surface area contributed by atoms with Crippen molar-refractivity contribution < 1.29 is 4.42 Å². The van der Waals surface area contributed by atoms with Crippen LogP contribution < -0.4 is 4.90 Å². The van der Waals surface area contributed by atoms with Crippen molar-refractivity contribution >= 4 is 17.0 Å². The lowest BCUT2D eigenvalue weighted by atomic mass is 9.99. The molecule has 3 aromatic rings. The number of para-hydroxylation sites is 1. The van der Waals surface area contributed by atoms with E-state index >= 15 is 0 Å². The molecule has 0 amide bonds. The number of hydrogen-bond donors (Lipinski definition) is 0. The Morgan fingerprint density at radius 2 is 1.86 bits per heavy atom. The molecule has 0 N–H and O–H groups in total. The van der Waals surface area contributed by atoms with E-state index in [2.05, 4.69) is 57.3 Å². The average Bonchev–Trinajstić information content (AvgIpc) is 3.36. The van der Waals surface area contributed by atoms with Gasteiger partial charge in [0.25, 0.3) is 5.89 Å². The fourth-order valence-electron chi connectivity index (χ4n) is 4.27. The molecule has 0 bridgehead atoms. The van der Waals surface area contributed by atoms with Crippen LogP contribution in [-0.4, -0.2) is 41.3 Å². The van der Waals surface area contributed by atoms with Crippen molar-refractivity contribution in [3.63, 3.8) is 0 Å². The highest BCUT2D eigenvalue weighted by Gasteiger charge is 2.21. The fourth-order valence-corrected chi connectivity index (χ4v) is 5.44. The Morgan fingerprint density at radius 3 is 2.68 bits per heavy atom. The Labute approximate surface area is 170 Å². The molecule has 0 unspecified atom stereocenters. The molecule has 1 aliphatic heterocycles. The SMILES string of the molecule is Cc1ccccc1N1CCN(Cc2nnc(-c3cc4c(s3)CCCC4)o2)CC1. The lowest BCUT2D eigenvalue weighted by molar-refractivity contribution is 0.227. The molecule has 1 saturated heterocycles. The van der Waals surface area contributed by atoms with Crippen LogP contribution >= 0.6 is 11.3 Å². The molecule has 5 nitrogen and oxygen atoms in total. The third kappa shape index (κ3) is 3.59. The van der Waals surface area contributed by atoms with Crippen LogP contribution in [0.4, 0.5) is 5.69 Å². The summed E-state index contributed by atoms with van der Waals surface area (Å²) in [4.78, 5) is 7.52. The second-order valence-corrected chi connectivity index (χ2v) is 8.95. The van der Waals surface area contributed by atoms with Gasteiger partial charge in [0.05, 0.1) is 11.4 Å². The molecule has 146 valence electrons. The van der Waals surface area contributed by atoms with Crippen molar-refractivity contribution in [2.24, 2.45) is 0 Å². The van der Waals surface area contributed by atoms with Gasteiger partial charge in [0.15, 0.2) is 0 Å². The standard InChI is InChI=1S/C22H26N4OS/c1-16-6-2-4-8-18(16)26-12-10-25(11-13-26)15-21-23-24-22(27-21)20-14-17-7-3-5-9-19(17)28-20/h2,4,6,8,14H,3,5,7,9-13,15H2,1H3. The Morgan fingerprint density at radius 1 is 1.04 bits per heavy atom. The Kier molecular flexibility index (Phi) is 4.91. The molecule has 0 saturated carbocycles. The highest BCUT2D eigenvalue weighted by molar-refractivity contribution is 7.15. The van der Waals surface area contributed by atoms with Gasteiger partial charge in [0.2, 0.25) is 5.89 Å². The number of rotatable bonds is 4. The van der Waals surface area contributed by atoms with Crippen LogP contribution in [0, 0.1) is 6.92 Å². The van der Waals surface area contributed by atoms with Gasteiger partial charge in [-0.3, -0.25) is 4.90 Å². The minimum atomic E-state index is 0.688. The van der Waals surface area contributed by atoms with Crippen LogP contribution in [0.2, 0.25) is 0 Å². The Bertz CT molecular complexity index is 932. The van der Waals surface area contributed by atoms with Gasteiger partial charge in [-0.1, -0.05) is 18.2 Å². The molecule has 1 fully saturated rings. The summed E-state index contributed by atoms with van der Waals surface area (Å²) >= 11 is 1.83.